The van der Waals surface area contributed by atoms with Gasteiger partial charge in [-0.2, -0.15) is 0 Å². The summed E-state index contributed by atoms with van der Waals surface area (Å²) in [5.74, 6) is 0. The Bertz CT molecular complexity index is 763. The first kappa shape index (κ1) is 13.4. The van der Waals surface area contributed by atoms with Crippen LogP contribution in [0, 0.1) is 6.92 Å². The van der Waals surface area contributed by atoms with Crippen LogP contribution in [0.4, 0.5) is 11.4 Å². The fourth-order valence-corrected chi connectivity index (χ4v) is 2.47. The Morgan fingerprint density at radius 2 is 1.81 bits per heavy atom. The Morgan fingerprint density at radius 3 is 2.57 bits per heavy atom. The van der Waals surface area contributed by atoms with Gasteiger partial charge in [0.2, 0.25) is 0 Å². The highest BCUT2D eigenvalue weighted by molar-refractivity contribution is 5.96. The van der Waals surface area contributed by atoms with E-state index in [1.165, 1.54) is 11.1 Å². The van der Waals surface area contributed by atoms with Crippen molar-refractivity contribution in [3.05, 3.63) is 65.9 Å². The number of benzene rings is 2. The van der Waals surface area contributed by atoms with Gasteiger partial charge in [0, 0.05) is 17.6 Å². The fraction of sp³-hybridized carbons (Fsp3) is 0.167. The molecule has 106 valence electrons. The highest BCUT2D eigenvalue weighted by Gasteiger charge is 2.09. The number of nitrogens with one attached hydrogen (secondary N) is 1. The predicted molar refractivity (Wildman–Crippen MR) is 89.4 cm³/mol. The molecule has 0 fully saturated rings. The summed E-state index contributed by atoms with van der Waals surface area (Å²) >= 11 is 0. The van der Waals surface area contributed by atoms with E-state index in [4.69, 9.17) is 5.73 Å². The number of nitrogens with zero attached hydrogens (tertiary/aromatic N) is 1. The van der Waals surface area contributed by atoms with Crippen LogP contribution in [0.1, 0.15) is 24.1 Å². The molecule has 1 unspecified atom stereocenters. The van der Waals surface area contributed by atoms with E-state index in [1.807, 2.05) is 24.3 Å². The Kier molecular flexibility index (Phi) is 3.48. The summed E-state index contributed by atoms with van der Waals surface area (Å²) in [6.45, 7) is 4.23. The van der Waals surface area contributed by atoms with Crippen molar-refractivity contribution in [2.75, 3.05) is 11.1 Å². The standard InChI is InChI=1S/C18H19N3/c1-12-5-7-14(8-6-12)13(2)21-17-10-9-16-15(18(17)19)4-3-11-20-16/h3-11,13,21H,19H2,1-2H3. The topological polar surface area (TPSA) is 50.9 Å². The maximum Gasteiger partial charge on any atom is 0.0724 e. The molecule has 3 N–H and O–H groups in total. The van der Waals surface area contributed by atoms with E-state index in [-0.39, 0.29) is 6.04 Å². The van der Waals surface area contributed by atoms with Crippen molar-refractivity contribution in [2.24, 2.45) is 0 Å². The molecule has 0 radical (unpaired) electrons. The van der Waals surface area contributed by atoms with Crippen molar-refractivity contribution in [3.8, 4) is 0 Å². The van der Waals surface area contributed by atoms with Crippen LogP contribution in [0.5, 0.6) is 0 Å². The Labute approximate surface area is 124 Å². The van der Waals surface area contributed by atoms with E-state index in [0.717, 1.165) is 22.3 Å². The number of aromatic nitrogens is 1. The van der Waals surface area contributed by atoms with Gasteiger partial charge in [0.25, 0.3) is 0 Å². The molecule has 1 atom stereocenters. The zero-order valence-electron chi connectivity index (χ0n) is 12.3. The molecule has 0 bridgehead atoms. The normalized spacial score (nSPS) is 12.3. The monoisotopic (exact) mass is 277 g/mol. The van der Waals surface area contributed by atoms with Crippen molar-refractivity contribution in [2.45, 2.75) is 19.9 Å². The van der Waals surface area contributed by atoms with E-state index in [1.54, 1.807) is 6.20 Å². The van der Waals surface area contributed by atoms with Gasteiger partial charge in [-0.25, -0.2) is 0 Å². The van der Waals surface area contributed by atoms with Crippen LogP contribution in [0.3, 0.4) is 0 Å². The van der Waals surface area contributed by atoms with Gasteiger partial charge in [0.1, 0.15) is 0 Å². The maximum absolute atomic E-state index is 6.27. The zero-order chi connectivity index (χ0) is 14.8. The molecule has 1 aromatic heterocycles. The van der Waals surface area contributed by atoms with Gasteiger partial charge < -0.3 is 11.1 Å². The summed E-state index contributed by atoms with van der Waals surface area (Å²) in [5.41, 5.74) is 11.4. The lowest BCUT2D eigenvalue weighted by Crippen LogP contribution is -2.08. The Hall–Kier alpha value is -2.55. The number of anilines is 2. The molecule has 3 aromatic rings. The third kappa shape index (κ3) is 2.68. The van der Waals surface area contributed by atoms with Gasteiger partial charge in [-0.1, -0.05) is 29.8 Å². The van der Waals surface area contributed by atoms with Crippen molar-refractivity contribution in [1.29, 1.82) is 0 Å². The van der Waals surface area contributed by atoms with Crippen molar-refractivity contribution in [1.82, 2.24) is 4.98 Å². The maximum atomic E-state index is 6.27. The largest absolute Gasteiger partial charge is 0.397 e. The molecular weight excluding hydrogens is 258 g/mol. The minimum Gasteiger partial charge on any atom is -0.397 e. The number of nitrogens with two attached hydrogens (primary N) is 1. The minimum absolute atomic E-state index is 0.196. The minimum atomic E-state index is 0.196. The SMILES string of the molecule is Cc1ccc(C(C)Nc2ccc3ncccc3c2N)cc1. The molecule has 3 nitrogen and oxygen atoms in total. The van der Waals surface area contributed by atoms with Gasteiger partial charge >= 0.3 is 0 Å². The van der Waals surface area contributed by atoms with Crippen molar-refractivity contribution >= 4 is 22.3 Å². The van der Waals surface area contributed by atoms with Crippen molar-refractivity contribution < 1.29 is 0 Å². The molecule has 0 aliphatic carbocycles. The Morgan fingerprint density at radius 1 is 1.05 bits per heavy atom. The van der Waals surface area contributed by atoms with Gasteiger partial charge in [-0.15, -0.1) is 0 Å². The van der Waals surface area contributed by atoms with Gasteiger partial charge in [-0.3, -0.25) is 4.98 Å². The van der Waals surface area contributed by atoms with Gasteiger partial charge in [-0.05, 0) is 43.7 Å². The third-order valence-electron chi connectivity index (χ3n) is 3.78. The average Bonchev–Trinajstić information content (AvgIpc) is 2.51. The van der Waals surface area contributed by atoms with Gasteiger partial charge in [0.05, 0.1) is 16.9 Å². The summed E-state index contributed by atoms with van der Waals surface area (Å²) < 4.78 is 0. The number of rotatable bonds is 3. The van der Waals surface area contributed by atoms with E-state index in [0.29, 0.717) is 0 Å². The van der Waals surface area contributed by atoms with Crippen LogP contribution in [0.15, 0.2) is 54.7 Å². The van der Waals surface area contributed by atoms with Crippen LogP contribution in [0.25, 0.3) is 10.9 Å². The van der Waals surface area contributed by atoms with E-state index in [2.05, 4.69) is 48.4 Å². The summed E-state index contributed by atoms with van der Waals surface area (Å²) in [6, 6.07) is 16.6. The molecule has 0 saturated heterocycles. The second-order valence-electron chi connectivity index (χ2n) is 5.37. The molecule has 0 aliphatic rings. The number of hydrogen-bond acceptors (Lipinski definition) is 3. The second-order valence-corrected chi connectivity index (χ2v) is 5.37. The first-order valence-corrected chi connectivity index (χ1v) is 7.11. The molecule has 2 aromatic carbocycles. The first-order valence-electron chi connectivity index (χ1n) is 7.11. The molecule has 0 aliphatic heterocycles. The Balaban J connectivity index is 1.91. The molecule has 1 heterocycles. The number of fused-ring (bicyclic) bond motifs is 1. The van der Waals surface area contributed by atoms with Crippen LogP contribution in [-0.4, -0.2) is 4.98 Å². The molecule has 3 heteroatoms. The van der Waals surface area contributed by atoms with E-state index < -0.39 is 0 Å². The highest BCUT2D eigenvalue weighted by Crippen LogP contribution is 2.30. The van der Waals surface area contributed by atoms with Crippen LogP contribution >= 0.6 is 0 Å². The summed E-state index contributed by atoms with van der Waals surface area (Å²) in [4.78, 5) is 4.32. The molecule has 3 rings (SSSR count). The fourth-order valence-electron chi connectivity index (χ4n) is 2.47. The molecule has 21 heavy (non-hydrogen) atoms. The highest BCUT2D eigenvalue weighted by atomic mass is 14.9. The lowest BCUT2D eigenvalue weighted by atomic mass is 10.1. The van der Waals surface area contributed by atoms with Gasteiger partial charge in [0.15, 0.2) is 0 Å². The van der Waals surface area contributed by atoms with Crippen LogP contribution in [0.2, 0.25) is 0 Å². The summed E-state index contributed by atoms with van der Waals surface area (Å²) in [6.07, 6.45) is 1.78. The average molecular weight is 277 g/mol. The second kappa shape index (κ2) is 5.44. The van der Waals surface area contributed by atoms with Crippen LogP contribution < -0.4 is 11.1 Å². The smallest absolute Gasteiger partial charge is 0.0724 e. The summed E-state index contributed by atoms with van der Waals surface area (Å²) in [7, 11) is 0. The predicted octanol–water partition coefficient (Wildman–Crippen LogP) is 4.30. The summed E-state index contributed by atoms with van der Waals surface area (Å²) in [5, 5.41) is 4.47. The molecular formula is C18H19N3. The van der Waals surface area contributed by atoms with Crippen molar-refractivity contribution in [3.63, 3.8) is 0 Å². The van der Waals surface area contributed by atoms with E-state index >= 15 is 0 Å². The number of nitrogen functional groups attached to an aromatic ring is 1. The molecule has 0 saturated carbocycles. The number of aryl methyl sites for hydroxylation is 1. The lowest BCUT2D eigenvalue weighted by molar-refractivity contribution is 0.885. The lowest BCUT2D eigenvalue weighted by Gasteiger charge is -2.18. The molecule has 0 amide bonds. The molecule has 0 spiro atoms. The third-order valence-corrected chi connectivity index (χ3v) is 3.78. The number of hydrogen-bond donors (Lipinski definition) is 2. The quantitative estimate of drug-likeness (QED) is 0.702. The zero-order valence-corrected chi connectivity index (χ0v) is 12.3. The number of pyridine rings is 1. The van der Waals surface area contributed by atoms with E-state index in [9.17, 15) is 0 Å². The first-order chi connectivity index (χ1) is 10.1. The van der Waals surface area contributed by atoms with Crippen LogP contribution in [-0.2, 0) is 0 Å².